The zero-order valence-electron chi connectivity index (χ0n) is 14.5. The Morgan fingerprint density at radius 2 is 2.00 bits per heavy atom. The van der Waals surface area contributed by atoms with E-state index in [2.05, 4.69) is 10.2 Å². The molecule has 1 fully saturated rings. The van der Waals surface area contributed by atoms with Gasteiger partial charge in [-0.25, -0.2) is 8.42 Å². The van der Waals surface area contributed by atoms with Crippen LogP contribution in [0.15, 0.2) is 41.4 Å². The van der Waals surface area contributed by atoms with Crippen LogP contribution in [0.4, 0.5) is 0 Å². The number of rotatable bonds is 3. The molecule has 1 unspecified atom stereocenters. The van der Waals surface area contributed by atoms with Gasteiger partial charge >= 0.3 is 0 Å². The van der Waals surface area contributed by atoms with Crippen LogP contribution in [-0.4, -0.2) is 53.4 Å². The van der Waals surface area contributed by atoms with Crippen molar-refractivity contribution >= 4 is 15.9 Å². The van der Waals surface area contributed by atoms with E-state index in [4.69, 9.17) is 0 Å². The molecule has 1 aromatic heterocycles. The second-order valence-corrected chi connectivity index (χ2v) is 8.84. The van der Waals surface area contributed by atoms with Gasteiger partial charge in [0, 0.05) is 43.9 Å². The van der Waals surface area contributed by atoms with Crippen molar-refractivity contribution < 1.29 is 13.2 Å². The normalized spacial score (nSPS) is 21.4. The summed E-state index contributed by atoms with van der Waals surface area (Å²) in [5, 5.41) is 7.00. The lowest BCUT2D eigenvalue weighted by Crippen LogP contribution is -2.47. The lowest BCUT2D eigenvalue weighted by molar-refractivity contribution is -0.137. The lowest BCUT2D eigenvalue weighted by Gasteiger charge is -2.35. The van der Waals surface area contributed by atoms with Crippen molar-refractivity contribution in [1.82, 2.24) is 19.4 Å². The van der Waals surface area contributed by atoms with Crippen LogP contribution in [0.3, 0.4) is 0 Å². The van der Waals surface area contributed by atoms with Gasteiger partial charge in [-0.3, -0.25) is 9.89 Å². The Hall–Kier alpha value is -2.19. The van der Waals surface area contributed by atoms with Crippen LogP contribution in [0.25, 0.3) is 0 Å². The number of carbonyl (C=O) groups excluding carboxylic acids is 1. The van der Waals surface area contributed by atoms with E-state index in [0.29, 0.717) is 26.1 Å². The van der Waals surface area contributed by atoms with Gasteiger partial charge in [0.2, 0.25) is 15.9 Å². The van der Waals surface area contributed by atoms with E-state index in [-0.39, 0.29) is 23.3 Å². The van der Waals surface area contributed by atoms with E-state index in [1.807, 2.05) is 4.90 Å². The number of carbonyl (C=O) groups is 1. The molecule has 0 radical (unpaired) electrons. The van der Waals surface area contributed by atoms with Crippen molar-refractivity contribution in [2.75, 3.05) is 19.6 Å². The Balaban J connectivity index is 1.48. The minimum absolute atomic E-state index is 0.0461. The van der Waals surface area contributed by atoms with Crippen LogP contribution in [0.1, 0.15) is 24.1 Å². The molecule has 0 bridgehead atoms. The summed E-state index contributed by atoms with van der Waals surface area (Å²) in [5.74, 6) is -0.236. The second kappa shape index (κ2) is 6.85. The summed E-state index contributed by atoms with van der Waals surface area (Å²) in [5.41, 5.74) is 2.14. The first-order valence-corrected chi connectivity index (χ1v) is 10.3. The van der Waals surface area contributed by atoms with Crippen LogP contribution in [0.2, 0.25) is 0 Å². The maximum absolute atomic E-state index is 13.0. The number of hydrogen-bond donors (Lipinski definition) is 1. The fourth-order valence-electron chi connectivity index (χ4n) is 3.77. The highest BCUT2D eigenvalue weighted by atomic mass is 32.2. The first kappa shape index (κ1) is 17.2. The number of amides is 1. The Bertz CT molecular complexity index is 894. The average molecular weight is 374 g/mol. The molecule has 8 heteroatoms. The zero-order chi connectivity index (χ0) is 18.1. The molecule has 0 spiro atoms. The highest BCUT2D eigenvalue weighted by Crippen LogP contribution is 2.26. The van der Waals surface area contributed by atoms with E-state index in [9.17, 15) is 13.2 Å². The standard InChI is InChI=1S/C18H22N4O3S/c23-18(21-10-8-17-15(12-21)11-19-20-17)14-5-4-9-22(13-14)26(24,25)16-6-2-1-3-7-16/h1-3,6-7,11,14H,4-5,8-10,12-13H2,(H,19,20). The first-order chi connectivity index (χ1) is 12.6. The number of aromatic nitrogens is 2. The summed E-state index contributed by atoms with van der Waals surface area (Å²) >= 11 is 0. The molecule has 2 aromatic rings. The fraction of sp³-hybridized carbons (Fsp3) is 0.444. The minimum atomic E-state index is -3.55. The van der Waals surface area contributed by atoms with Crippen molar-refractivity contribution in [3.05, 3.63) is 47.8 Å². The van der Waals surface area contributed by atoms with Crippen LogP contribution in [-0.2, 0) is 27.8 Å². The molecule has 1 amide bonds. The molecule has 7 nitrogen and oxygen atoms in total. The number of benzene rings is 1. The molecule has 2 aliphatic heterocycles. The molecule has 1 atom stereocenters. The molecule has 2 aliphatic rings. The first-order valence-electron chi connectivity index (χ1n) is 8.91. The summed E-state index contributed by atoms with van der Waals surface area (Å²) in [4.78, 5) is 15.1. The van der Waals surface area contributed by atoms with Crippen molar-refractivity contribution in [1.29, 1.82) is 0 Å². The summed E-state index contributed by atoms with van der Waals surface area (Å²) in [6, 6.07) is 8.44. The summed E-state index contributed by atoms with van der Waals surface area (Å²) < 4.78 is 27.2. The fourth-order valence-corrected chi connectivity index (χ4v) is 5.32. The van der Waals surface area contributed by atoms with E-state index < -0.39 is 10.0 Å². The summed E-state index contributed by atoms with van der Waals surface area (Å²) in [6.45, 7) is 1.92. The van der Waals surface area contributed by atoms with Gasteiger partial charge < -0.3 is 4.90 Å². The molecular formula is C18H22N4O3S. The van der Waals surface area contributed by atoms with Crippen LogP contribution in [0, 0.1) is 5.92 Å². The molecule has 0 saturated carbocycles. The van der Waals surface area contributed by atoms with Gasteiger partial charge in [-0.1, -0.05) is 18.2 Å². The monoisotopic (exact) mass is 374 g/mol. The molecule has 3 heterocycles. The second-order valence-electron chi connectivity index (χ2n) is 6.90. The third-order valence-corrected chi connectivity index (χ3v) is 7.11. The lowest BCUT2D eigenvalue weighted by atomic mass is 9.96. The van der Waals surface area contributed by atoms with E-state index in [1.54, 1.807) is 36.5 Å². The van der Waals surface area contributed by atoms with E-state index >= 15 is 0 Å². The SMILES string of the molecule is O=C(C1CCCN(S(=O)(=O)c2ccccc2)C1)N1CCc2[nH]ncc2C1. The third-order valence-electron chi connectivity index (χ3n) is 5.23. The smallest absolute Gasteiger partial charge is 0.243 e. The molecule has 4 rings (SSSR count). The maximum atomic E-state index is 13.0. The number of piperidine rings is 1. The maximum Gasteiger partial charge on any atom is 0.243 e. The van der Waals surface area contributed by atoms with Crippen LogP contribution >= 0.6 is 0 Å². The number of aromatic amines is 1. The Morgan fingerprint density at radius 1 is 1.19 bits per heavy atom. The van der Waals surface area contributed by atoms with Gasteiger partial charge in [-0.15, -0.1) is 0 Å². The van der Waals surface area contributed by atoms with Gasteiger partial charge in [-0.05, 0) is 25.0 Å². The van der Waals surface area contributed by atoms with Gasteiger partial charge in [0.05, 0.1) is 17.0 Å². The highest BCUT2D eigenvalue weighted by molar-refractivity contribution is 7.89. The molecule has 138 valence electrons. The molecule has 26 heavy (non-hydrogen) atoms. The van der Waals surface area contributed by atoms with Crippen LogP contribution < -0.4 is 0 Å². The molecule has 1 aromatic carbocycles. The third kappa shape index (κ3) is 3.14. The number of fused-ring (bicyclic) bond motifs is 1. The van der Waals surface area contributed by atoms with Crippen molar-refractivity contribution in [3.63, 3.8) is 0 Å². The number of H-pyrrole nitrogens is 1. The zero-order valence-corrected chi connectivity index (χ0v) is 15.3. The largest absolute Gasteiger partial charge is 0.338 e. The van der Waals surface area contributed by atoms with Gasteiger partial charge in [-0.2, -0.15) is 9.40 Å². The molecule has 0 aliphatic carbocycles. The highest BCUT2D eigenvalue weighted by Gasteiger charge is 2.35. The minimum Gasteiger partial charge on any atom is -0.338 e. The van der Waals surface area contributed by atoms with Crippen molar-refractivity contribution in [3.8, 4) is 0 Å². The number of sulfonamides is 1. The predicted molar refractivity (Wildman–Crippen MR) is 95.6 cm³/mol. The van der Waals surface area contributed by atoms with E-state index in [0.717, 1.165) is 24.1 Å². The van der Waals surface area contributed by atoms with Gasteiger partial charge in [0.1, 0.15) is 0 Å². The Labute approximate surface area is 153 Å². The molecule has 1 N–H and O–H groups in total. The van der Waals surface area contributed by atoms with Gasteiger partial charge in [0.15, 0.2) is 0 Å². The predicted octanol–water partition coefficient (Wildman–Crippen LogP) is 1.40. The topological polar surface area (TPSA) is 86.4 Å². The molecular weight excluding hydrogens is 352 g/mol. The average Bonchev–Trinajstić information content (AvgIpc) is 3.16. The van der Waals surface area contributed by atoms with Crippen LogP contribution in [0.5, 0.6) is 0 Å². The van der Waals surface area contributed by atoms with Crippen molar-refractivity contribution in [2.45, 2.75) is 30.7 Å². The Kier molecular flexibility index (Phi) is 4.54. The van der Waals surface area contributed by atoms with Crippen molar-refractivity contribution in [2.24, 2.45) is 5.92 Å². The summed E-state index contributed by atoms with van der Waals surface area (Å²) in [7, 11) is -3.55. The number of nitrogens with zero attached hydrogens (tertiary/aromatic N) is 3. The number of hydrogen-bond acceptors (Lipinski definition) is 4. The van der Waals surface area contributed by atoms with Gasteiger partial charge in [0.25, 0.3) is 0 Å². The van der Waals surface area contributed by atoms with E-state index in [1.165, 1.54) is 4.31 Å². The number of nitrogens with one attached hydrogen (secondary N) is 1. The quantitative estimate of drug-likeness (QED) is 0.880. The molecule has 1 saturated heterocycles. The summed E-state index contributed by atoms with van der Waals surface area (Å²) in [6.07, 6.45) is 3.96. The Morgan fingerprint density at radius 3 is 2.81 bits per heavy atom.